The fraction of sp³-hybridized carbons (Fsp3) is 0.500. The summed E-state index contributed by atoms with van der Waals surface area (Å²) in [6.45, 7) is -0.590. The van der Waals surface area contributed by atoms with Crippen LogP contribution in [0, 0.1) is 5.92 Å². The molecule has 0 radical (unpaired) electrons. The van der Waals surface area contributed by atoms with E-state index in [-0.39, 0.29) is 21.1 Å². The maximum Gasteiger partial charge on any atom is 0.234 e. The fourth-order valence-electron chi connectivity index (χ4n) is 3.21. The molecule has 1 N–H and O–H groups in total. The number of hydrogen-bond donors (Lipinski definition) is 1. The largest absolute Gasteiger partial charge is 0.301 e. The number of aromatic nitrogens is 2. The highest BCUT2D eigenvalue weighted by atomic mass is 32.2. The summed E-state index contributed by atoms with van der Waals surface area (Å²) in [4.78, 5) is 12.0. The minimum atomic E-state index is -3.67. The summed E-state index contributed by atoms with van der Waals surface area (Å²) in [6.07, 6.45) is 6.10. The van der Waals surface area contributed by atoms with Crippen LogP contribution in [0.1, 0.15) is 49.7 Å². The average Bonchev–Trinajstić information content (AvgIpc) is 3.32. The third-order valence-corrected chi connectivity index (χ3v) is 7.68. The molecule has 1 saturated carbocycles. The van der Waals surface area contributed by atoms with Crippen LogP contribution in [-0.4, -0.2) is 24.5 Å². The van der Waals surface area contributed by atoms with Crippen LogP contribution >= 0.6 is 11.3 Å². The van der Waals surface area contributed by atoms with Gasteiger partial charge in [0.15, 0.2) is 0 Å². The molecule has 9 heteroatoms. The lowest BCUT2D eigenvalue weighted by Gasteiger charge is -2.07. The number of sulfone groups is 1. The highest BCUT2D eigenvalue weighted by molar-refractivity contribution is 7.92. The van der Waals surface area contributed by atoms with Gasteiger partial charge in [0.25, 0.3) is 0 Å². The second-order valence-corrected chi connectivity index (χ2v) is 9.96. The second-order valence-electron chi connectivity index (χ2n) is 6.82. The number of amides is 1. The van der Waals surface area contributed by atoms with E-state index in [4.69, 9.17) is 0 Å². The highest BCUT2D eigenvalue weighted by Gasteiger charge is 2.22. The Kier molecular flexibility index (Phi) is 6.54. The molecule has 1 fully saturated rings. The van der Waals surface area contributed by atoms with Crippen molar-refractivity contribution in [3.63, 3.8) is 0 Å². The predicted octanol–water partition coefficient (Wildman–Crippen LogP) is 3.89. The van der Waals surface area contributed by atoms with E-state index in [0.717, 1.165) is 17.8 Å². The molecule has 1 aromatic carbocycles. The Hall–Kier alpha value is -1.87. The molecule has 3 rings (SSSR count). The minimum absolute atomic E-state index is 0.136. The van der Waals surface area contributed by atoms with Gasteiger partial charge >= 0.3 is 0 Å². The molecule has 146 valence electrons. The van der Waals surface area contributed by atoms with Gasteiger partial charge < -0.3 is 5.32 Å². The van der Waals surface area contributed by atoms with Crippen LogP contribution in [0.5, 0.6) is 0 Å². The van der Waals surface area contributed by atoms with Crippen molar-refractivity contribution in [1.29, 1.82) is 0 Å². The topological polar surface area (TPSA) is 89.0 Å². The monoisotopic (exact) mass is 411 g/mol. The number of rotatable bonds is 8. The zero-order valence-corrected chi connectivity index (χ0v) is 16.5. The lowest BCUT2D eigenvalue weighted by Crippen LogP contribution is -2.12. The molecule has 0 spiro atoms. The fourth-order valence-corrected chi connectivity index (χ4v) is 5.54. The van der Waals surface area contributed by atoms with Crippen LogP contribution in [0.3, 0.4) is 0 Å². The van der Waals surface area contributed by atoms with Gasteiger partial charge in [-0.3, -0.25) is 4.79 Å². The third-order valence-electron chi connectivity index (χ3n) is 4.71. The van der Waals surface area contributed by atoms with E-state index in [1.165, 1.54) is 25.7 Å². The molecule has 1 aliphatic rings. The van der Waals surface area contributed by atoms with Crippen molar-refractivity contribution in [2.45, 2.75) is 55.3 Å². The van der Waals surface area contributed by atoms with Crippen molar-refractivity contribution in [2.24, 2.45) is 5.92 Å². The quantitative estimate of drug-likeness (QED) is 0.666. The number of alkyl halides is 1. The molecule has 1 aliphatic carbocycles. The van der Waals surface area contributed by atoms with Gasteiger partial charge in [0, 0.05) is 6.42 Å². The average molecular weight is 412 g/mol. The van der Waals surface area contributed by atoms with Gasteiger partial charge in [-0.15, -0.1) is 10.2 Å². The van der Waals surface area contributed by atoms with Gasteiger partial charge in [-0.05, 0) is 23.5 Å². The summed E-state index contributed by atoms with van der Waals surface area (Å²) in [5, 5.41) is 10.3. The molecule has 1 aromatic heterocycles. The zero-order valence-electron chi connectivity index (χ0n) is 14.9. The van der Waals surface area contributed by atoms with E-state index in [1.54, 1.807) is 24.3 Å². The maximum absolute atomic E-state index is 12.5. The molecule has 1 heterocycles. The van der Waals surface area contributed by atoms with Gasteiger partial charge in [0.05, 0.1) is 5.75 Å². The first-order valence-corrected chi connectivity index (χ1v) is 11.4. The van der Waals surface area contributed by atoms with Gasteiger partial charge in [-0.2, -0.15) is 0 Å². The first-order valence-electron chi connectivity index (χ1n) is 8.96. The van der Waals surface area contributed by atoms with Gasteiger partial charge in [0.2, 0.25) is 25.2 Å². The summed E-state index contributed by atoms with van der Waals surface area (Å²) in [7, 11) is -3.67. The Morgan fingerprint density at radius 3 is 2.48 bits per heavy atom. The van der Waals surface area contributed by atoms with E-state index in [9.17, 15) is 17.6 Å². The van der Waals surface area contributed by atoms with E-state index < -0.39 is 16.5 Å². The minimum Gasteiger partial charge on any atom is -0.301 e. The maximum atomic E-state index is 12.5. The van der Waals surface area contributed by atoms with Crippen molar-refractivity contribution in [3.05, 3.63) is 35.4 Å². The van der Waals surface area contributed by atoms with Crippen LogP contribution in [0.4, 0.5) is 9.52 Å². The lowest BCUT2D eigenvalue weighted by molar-refractivity contribution is -0.116. The molecule has 0 aliphatic heterocycles. The molecule has 0 bridgehead atoms. The standard InChI is InChI=1S/C18H22FN3O3S2/c19-11-14-5-7-15(8-6-14)12-27(24,25)18-22-21-17(26-18)20-16(23)10-9-13-3-1-2-4-13/h5-8,13H,1-4,9-12H2,(H,20,21,23). The Morgan fingerprint density at radius 1 is 1.15 bits per heavy atom. The van der Waals surface area contributed by atoms with Crippen LogP contribution < -0.4 is 5.32 Å². The van der Waals surface area contributed by atoms with Gasteiger partial charge in [0.1, 0.15) is 6.67 Å². The molecule has 0 unspecified atom stereocenters. The molecule has 1 amide bonds. The zero-order chi connectivity index (χ0) is 19.3. The first-order chi connectivity index (χ1) is 13.0. The molecule has 27 heavy (non-hydrogen) atoms. The van der Waals surface area contributed by atoms with Crippen molar-refractivity contribution >= 4 is 32.2 Å². The molecule has 6 nitrogen and oxygen atoms in total. The number of anilines is 1. The first kappa shape index (κ1) is 19.9. The van der Waals surface area contributed by atoms with Crippen molar-refractivity contribution in [1.82, 2.24) is 10.2 Å². The smallest absolute Gasteiger partial charge is 0.234 e. The Balaban J connectivity index is 1.57. The third kappa shape index (κ3) is 5.55. The van der Waals surface area contributed by atoms with Crippen molar-refractivity contribution in [3.8, 4) is 0 Å². The van der Waals surface area contributed by atoms with E-state index in [1.807, 2.05) is 0 Å². The lowest BCUT2D eigenvalue weighted by atomic mass is 10.0. The number of nitrogens with zero attached hydrogens (tertiary/aromatic N) is 2. The van der Waals surface area contributed by atoms with E-state index in [2.05, 4.69) is 15.5 Å². The van der Waals surface area contributed by atoms with Crippen LogP contribution in [-0.2, 0) is 27.1 Å². The van der Waals surface area contributed by atoms with Crippen LogP contribution in [0.15, 0.2) is 28.6 Å². The number of benzene rings is 1. The van der Waals surface area contributed by atoms with Crippen LogP contribution in [0.25, 0.3) is 0 Å². The number of hydrogen-bond acceptors (Lipinski definition) is 6. The molecule has 0 atom stereocenters. The normalized spacial score (nSPS) is 15.1. The summed E-state index contributed by atoms with van der Waals surface area (Å²) in [5.74, 6) is 0.206. The molecular weight excluding hydrogens is 389 g/mol. The van der Waals surface area contributed by atoms with Crippen molar-refractivity contribution < 1.29 is 17.6 Å². The van der Waals surface area contributed by atoms with Crippen molar-refractivity contribution in [2.75, 3.05) is 5.32 Å². The number of halogens is 1. The van der Waals surface area contributed by atoms with E-state index in [0.29, 0.717) is 23.5 Å². The second kappa shape index (κ2) is 8.88. The number of carbonyl (C=O) groups is 1. The summed E-state index contributed by atoms with van der Waals surface area (Å²) >= 11 is 0.851. The summed E-state index contributed by atoms with van der Waals surface area (Å²) in [6, 6.07) is 6.28. The molecular formula is C18H22FN3O3S2. The van der Waals surface area contributed by atoms with Gasteiger partial charge in [-0.25, -0.2) is 12.8 Å². The molecule has 0 saturated heterocycles. The Bertz CT molecular complexity index is 876. The Labute approximate surface area is 162 Å². The number of nitrogens with one attached hydrogen (secondary N) is 1. The van der Waals surface area contributed by atoms with Crippen LogP contribution in [0.2, 0.25) is 0 Å². The summed E-state index contributed by atoms with van der Waals surface area (Å²) in [5.41, 5.74) is 1.04. The summed E-state index contributed by atoms with van der Waals surface area (Å²) < 4.78 is 37.4. The number of carbonyl (C=O) groups excluding carboxylic acids is 1. The van der Waals surface area contributed by atoms with E-state index >= 15 is 0 Å². The molecule has 2 aromatic rings. The van der Waals surface area contributed by atoms with Gasteiger partial charge in [-0.1, -0.05) is 61.3 Å². The predicted molar refractivity (Wildman–Crippen MR) is 102 cm³/mol. The Morgan fingerprint density at radius 2 is 1.81 bits per heavy atom. The SMILES string of the molecule is O=C(CCC1CCCC1)Nc1nnc(S(=O)(=O)Cc2ccc(CF)cc2)s1. The highest BCUT2D eigenvalue weighted by Crippen LogP contribution is 2.29.